The molecule has 1 aliphatic heterocycles. The molecule has 2 rings (SSSR count). The van der Waals surface area contributed by atoms with Crippen LogP contribution in [-0.4, -0.2) is 42.4 Å². The molecule has 2 aliphatic rings. The van der Waals surface area contributed by atoms with Gasteiger partial charge in [-0.25, -0.2) is 0 Å². The van der Waals surface area contributed by atoms with E-state index in [1.807, 2.05) is 0 Å². The summed E-state index contributed by atoms with van der Waals surface area (Å²) in [6.45, 7) is 15.2. The van der Waals surface area contributed by atoms with Crippen molar-refractivity contribution in [2.75, 3.05) is 13.1 Å². The zero-order valence-corrected chi connectivity index (χ0v) is 14.0. The Morgan fingerprint density at radius 3 is 1.95 bits per heavy atom. The lowest BCUT2D eigenvalue weighted by Crippen LogP contribution is -2.41. The molecular formula is C16H30BNO2. The Morgan fingerprint density at radius 1 is 1.00 bits per heavy atom. The van der Waals surface area contributed by atoms with Gasteiger partial charge in [0.15, 0.2) is 0 Å². The minimum Gasteiger partial charge on any atom is -0.403 e. The second kappa shape index (κ2) is 5.82. The predicted molar refractivity (Wildman–Crippen MR) is 84.9 cm³/mol. The van der Waals surface area contributed by atoms with Crippen molar-refractivity contribution in [1.29, 1.82) is 0 Å². The largest absolute Gasteiger partial charge is 0.465 e. The van der Waals surface area contributed by atoms with Crippen LogP contribution in [0.15, 0.2) is 12.2 Å². The lowest BCUT2D eigenvalue weighted by molar-refractivity contribution is 0.00578. The lowest BCUT2D eigenvalue weighted by atomic mass is 9.67. The summed E-state index contributed by atoms with van der Waals surface area (Å²) in [7, 11) is -0.0890. The van der Waals surface area contributed by atoms with Crippen molar-refractivity contribution >= 4 is 7.12 Å². The minimum atomic E-state index is -0.221. The summed E-state index contributed by atoms with van der Waals surface area (Å²) in [4.78, 5) is 2.51. The van der Waals surface area contributed by atoms with Crippen LogP contribution < -0.4 is 0 Å². The highest BCUT2D eigenvalue weighted by Crippen LogP contribution is 2.42. The van der Waals surface area contributed by atoms with Crippen molar-refractivity contribution in [2.45, 2.75) is 77.4 Å². The molecule has 0 aromatic carbocycles. The molecule has 0 amide bonds. The highest BCUT2D eigenvalue weighted by Gasteiger charge is 2.53. The Morgan fingerprint density at radius 2 is 1.55 bits per heavy atom. The SMILES string of the molecule is CCN(CC)C1C=CC(B2OC(C)(C)C(C)(C)O2)CC1. The molecule has 0 radical (unpaired) electrons. The number of likely N-dealkylation sites (N-methyl/N-ethyl adjacent to an activating group) is 1. The zero-order chi connectivity index (χ0) is 15.0. The Labute approximate surface area is 124 Å². The van der Waals surface area contributed by atoms with E-state index in [2.05, 4.69) is 58.6 Å². The number of allylic oxidation sites excluding steroid dienone is 1. The van der Waals surface area contributed by atoms with E-state index in [1.165, 1.54) is 6.42 Å². The molecule has 1 aliphatic carbocycles. The van der Waals surface area contributed by atoms with E-state index in [4.69, 9.17) is 9.31 Å². The second-order valence-corrected chi connectivity index (χ2v) is 7.04. The van der Waals surface area contributed by atoms with Crippen molar-refractivity contribution in [2.24, 2.45) is 0 Å². The fourth-order valence-electron chi connectivity index (χ4n) is 3.11. The quantitative estimate of drug-likeness (QED) is 0.580. The van der Waals surface area contributed by atoms with Crippen LogP contribution in [0.2, 0.25) is 5.82 Å². The highest BCUT2D eigenvalue weighted by molar-refractivity contribution is 6.48. The molecule has 0 bridgehead atoms. The highest BCUT2D eigenvalue weighted by atomic mass is 16.7. The van der Waals surface area contributed by atoms with E-state index < -0.39 is 0 Å². The molecule has 2 unspecified atom stereocenters. The van der Waals surface area contributed by atoms with Crippen LogP contribution in [0.5, 0.6) is 0 Å². The Hall–Kier alpha value is -0.315. The third-order valence-electron chi connectivity index (χ3n) is 5.28. The molecule has 3 nitrogen and oxygen atoms in total. The monoisotopic (exact) mass is 279 g/mol. The standard InChI is InChI=1S/C16H30BNO2/c1-7-18(8-2)14-11-9-13(10-12-14)17-19-15(3,4)16(5,6)20-17/h9,11,13-14H,7-8,10,12H2,1-6H3. The van der Waals surface area contributed by atoms with E-state index >= 15 is 0 Å². The molecule has 114 valence electrons. The van der Waals surface area contributed by atoms with Crippen LogP contribution in [0.4, 0.5) is 0 Å². The van der Waals surface area contributed by atoms with Crippen LogP contribution in [-0.2, 0) is 9.31 Å². The summed E-state index contributed by atoms with van der Waals surface area (Å²) < 4.78 is 12.3. The summed E-state index contributed by atoms with van der Waals surface area (Å²) in [6, 6.07) is 0.587. The van der Waals surface area contributed by atoms with Crippen molar-refractivity contribution in [3.63, 3.8) is 0 Å². The third kappa shape index (κ3) is 2.97. The molecule has 0 aromatic heterocycles. The summed E-state index contributed by atoms with van der Waals surface area (Å²) in [5.74, 6) is 0.392. The third-order valence-corrected chi connectivity index (χ3v) is 5.28. The lowest BCUT2D eigenvalue weighted by Gasteiger charge is -2.32. The van der Waals surface area contributed by atoms with Gasteiger partial charge in [0.1, 0.15) is 0 Å². The van der Waals surface area contributed by atoms with E-state index in [0.717, 1.165) is 19.5 Å². The minimum absolute atomic E-state index is 0.0890. The topological polar surface area (TPSA) is 21.7 Å². The van der Waals surface area contributed by atoms with E-state index in [9.17, 15) is 0 Å². The van der Waals surface area contributed by atoms with Crippen molar-refractivity contribution in [3.8, 4) is 0 Å². The maximum absolute atomic E-state index is 6.16. The van der Waals surface area contributed by atoms with Gasteiger partial charge in [0.2, 0.25) is 0 Å². The summed E-state index contributed by atoms with van der Waals surface area (Å²) in [6.07, 6.45) is 7.02. The normalized spacial score (nSPS) is 32.0. The summed E-state index contributed by atoms with van der Waals surface area (Å²) >= 11 is 0. The first kappa shape index (κ1) is 16.1. The van der Waals surface area contributed by atoms with Gasteiger partial charge < -0.3 is 9.31 Å². The van der Waals surface area contributed by atoms with E-state index in [1.54, 1.807) is 0 Å². The van der Waals surface area contributed by atoms with Crippen LogP contribution >= 0.6 is 0 Å². The fourth-order valence-corrected chi connectivity index (χ4v) is 3.11. The van der Waals surface area contributed by atoms with Gasteiger partial charge in [0.25, 0.3) is 0 Å². The van der Waals surface area contributed by atoms with Crippen LogP contribution in [0.25, 0.3) is 0 Å². The van der Waals surface area contributed by atoms with Gasteiger partial charge in [0, 0.05) is 11.9 Å². The molecule has 0 spiro atoms. The van der Waals surface area contributed by atoms with Gasteiger partial charge in [-0.05, 0) is 53.6 Å². The molecule has 0 saturated carbocycles. The average Bonchev–Trinajstić information content (AvgIpc) is 2.61. The smallest absolute Gasteiger partial charge is 0.403 e. The maximum Gasteiger partial charge on any atom is 0.465 e. The number of rotatable bonds is 4. The Bertz CT molecular complexity index is 347. The summed E-state index contributed by atoms with van der Waals surface area (Å²) in [5.41, 5.74) is -0.442. The van der Waals surface area contributed by atoms with Gasteiger partial charge >= 0.3 is 7.12 Å². The molecule has 1 fully saturated rings. The predicted octanol–water partition coefficient (Wildman–Crippen LogP) is 3.51. The zero-order valence-electron chi connectivity index (χ0n) is 14.0. The molecule has 1 heterocycles. The fraction of sp³-hybridized carbons (Fsp3) is 0.875. The molecule has 4 heteroatoms. The van der Waals surface area contributed by atoms with E-state index in [0.29, 0.717) is 11.9 Å². The van der Waals surface area contributed by atoms with Gasteiger partial charge in [-0.1, -0.05) is 26.0 Å². The van der Waals surface area contributed by atoms with Crippen molar-refractivity contribution in [3.05, 3.63) is 12.2 Å². The first-order chi connectivity index (χ1) is 9.30. The van der Waals surface area contributed by atoms with Gasteiger partial charge in [-0.15, -0.1) is 0 Å². The van der Waals surface area contributed by atoms with Gasteiger partial charge in [-0.2, -0.15) is 0 Å². The van der Waals surface area contributed by atoms with Crippen LogP contribution in [0.3, 0.4) is 0 Å². The molecule has 2 atom stereocenters. The average molecular weight is 279 g/mol. The molecule has 0 N–H and O–H groups in total. The van der Waals surface area contributed by atoms with Gasteiger partial charge in [-0.3, -0.25) is 4.90 Å². The first-order valence-electron chi connectivity index (χ1n) is 8.08. The molecule has 20 heavy (non-hydrogen) atoms. The number of nitrogens with zero attached hydrogens (tertiary/aromatic N) is 1. The number of hydrogen-bond acceptors (Lipinski definition) is 3. The summed E-state index contributed by atoms with van der Waals surface area (Å²) in [5, 5.41) is 0. The van der Waals surface area contributed by atoms with E-state index in [-0.39, 0.29) is 18.3 Å². The van der Waals surface area contributed by atoms with Gasteiger partial charge in [0.05, 0.1) is 11.2 Å². The van der Waals surface area contributed by atoms with Crippen LogP contribution in [0, 0.1) is 0 Å². The molecule has 1 saturated heterocycles. The second-order valence-electron chi connectivity index (χ2n) is 7.04. The molecule has 0 aromatic rings. The van der Waals surface area contributed by atoms with Crippen LogP contribution in [0.1, 0.15) is 54.4 Å². The Kier molecular flexibility index (Phi) is 4.67. The molecular weight excluding hydrogens is 249 g/mol. The number of hydrogen-bond donors (Lipinski definition) is 0. The maximum atomic E-state index is 6.16. The Balaban J connectivity index is 1.99. The van der Waals surface area contributed by atoms with Crippen molar-refractivity contribution in [1.82, 2.24) is 4.90 Å². The van der Waals surface area contributed by atoms with Crippen molar-refractivity contribution < 1.29 is 9.31 Å². The first-order valence-corrected chi connectivity index (χ1v) is 8.08.